The Hall–Kier alpha value is -2.51. The van der Waals surface area contributed by atoms with Crippen LogP contribution in [-0.2, 0) is 21.4 Å². The summed E-state index contributed by atoms with van der Waals surface area (Å²) in [6.07, 6.45) is 4.03. The number of rotatable bonds is 8. The van der Waals surface area contributed by atoms with Crippen molar-refractivity contribution in [2.45, 2.75) is 63.3 Å². The minimum Gasteiger partial charge on any atom is -0.343 e. The number of sulfonamides is 1. The number of carbonyl (C=O) groups excluding carboxylic acids is 2. The lowest BCUT2D eigenvalue weighted by Gasteiger charge is -2.37. The molecule has 0 spiro atoms. The van der Waals surface area contributed by atoms with Gasteiger partial charge >= 0.3 is 0 Å². The molecule has 2 saturated heterocycles. The number of nitrogens with zero attached hydrogens (tertiary/aromatic N) is 2. The van der Waals surface area contributed by atoms with Gasteiger partial charge in [-0.2, -0.15) is 4.31 Å². The molecule has 0 aliphatic carbocycles. The third kappa shape index (κ3) is 5.36. The van der Waals surface area contributed by atoms with Gasteiger partial charge in [0.25, 0.3) is 0 Å². The number of Topliss-reactive ketones (excluding diaryl/α,β-unsaturated/α-hetero) is 1. The molecule has 2 aromatic carbocycles. The molecule has 2 aliphatic heterocycles. The molecule has 0 N–H and O–H groups in total. The highest BCUT2D eigenvalue weighted by molar-refractivity contribution is 7.89. The van der Waals surface area contributed by atoms with E-state index in [1.807, 2.05) is 54.3 Å². The highest BCUT2D eigenvalue weighted by Gasteiger charge is 2.40. The molecular weight excluding hydrogens is 436 g/mol. The first-order valence-electron chi connectivity index (χ1n) is 11.8. The van der Waals surface area contributed by atoms with E-state index in [-0.39, 0.29) is 17.7 Å². The Balaban J connectivity index is 1.38. The number of ketones is 1. The van der Waals surface area contributed by atoms with E-state index in [9.17, 15) is 18.0 Å². The van der Waals surface area contributed by atoms with Gasteiger partial charge in [0, 0.05) is 44.1 Å². The number of amides is 1. The zero-order valence-electron chi connectivity index (χ0n) is 19.2. The number of likely N-dealkylation sites (tertiary alicyclic amines) is 1. The maximum atomic E-state index is 13.4. The molecule has 2 heterocycles. The smallest absolute Gasteiger partial charge is 0.222 e. The minimum atomic E-state index is -3.48. The Labute approximate surface area is 196 Å². The molecule has 0 saturated carbocycles. The van der Waals surface area contributed by atoms with Crippen molar-refractivity contribution in [1.29, 1.82) is 0 Å². The van der Waals surface area contributed by atoms with Gasteiger partial charge < -0.3 is 4.90 Å². The second kappa shape index (κ2) is 10.2. The van der Waals surface area contributed by atoms with Gasteiger partial charge in [0.1, 0.15) is 5.25 Å². The summed E-state index contributed by atoms with van der Waals surface area (Å²) in [5, 5.41) is -0.516. The summed E-state index contributed by atoms with van der Waals surface area (Å²) in [4.78, 5) is 26.1. The Morgan fingerprint density at radius 1 is 1.03 bits per heavy atom. The van der Waals surface area contributed by atoms with E-state index in [0.717, 1.165) is 30.5 Å². The summed E-state index contributed by atoms with van der Waals surface area (Å²) in [5.74, 6) is 0.236. The van der Waals surface area contributed by atoms with Gasteiger partial charge in [0.2, 0.25) is 15.9 Å². The summed E-state index contributed by atoms with van der Waals surface area (Å²) >= 11 is 0. The van der Waals surface area contributed by atoms with Gasteiger partial charge in [-0.25, -0.2) is 8.42 Å². The highest BCUT2D eigenvalue weighted by Crippen LogP contribution is 2.38. The Morgan fingerprint density at radius 3 is 2.42 bits per heavy atom. The standard InChI is InChI=1S/C26H32N2O4S/c1-20-11-16-25(23-7-3-2-4-8-23)33(31,32)28(20)19-21-12-14-22(15-13-21)24(29)9-5-17-27-18-6-10-26(27)30/h2-4,7-8,12-15,20,25H,5-6,9-11,16-19H2,1H3/t20-,25?/m0/s1. The summed E-state index contributed by atoms with van der Waals surface area (Å²) in [6.45, 7) is 3.70. The SMILES string of the molecule is C[C@H]1CCC(c2ccccc2)S(=O)(=O)N1Cc1ccc(C(=O)CCCN2CCCC2=O)cc1. The fourth-order valence-corrected chi connectivity index (χ4v) is 7.04. The van der Waals surface area contributed by atoms with Gasteiger partial charge in [0.15, 0.2) is 5.78 Å². The van der Waals surface area contributed by atoms with Crippen LogP contribution >= 0.6 is 0 Å². The van der Waals surface area contributed by atoms with E-state index in [2.05, 4.69) is 0 Å². The summed E-state index contributed by atoms with van der Waals surface area (Å²) in [7, 11) is -3.48. The van der Waals surface area contributed by atoms with Crippen molar-refractivity contribution < 1.29 is 18.0 Å². The van der Waals surface area contributed by atoms with Gasteiger partial charge in [0.05, 0.1) is 0 Å². The van der Waals surface area contributed by atoms with Crippen LogP contribution in [0.3, 0.4) is 0 Å². The normalized spacial score (nSPS) is 23.1. The topological polar surface area (TPSA) is 74.8 Å². The maximum absolute atomic E-state index is 13.4. The zero-order chi connectivity index (χ0) is 23.4. The molecule has 0 bridgehead atoms. The first-order chi connectivity index (χ1) is 15.9. The minimum absolute atomic E-state index is 0.0521. The van der Waals surface area contributed by atoms with E-state index in [4.69, 9.17) is 0 Å². The molecule has 1 amide bonds. The van der Waals surface area contributed by atoms with Gasteiger partial charge in [-0.3, -0.25) is 9.59 Å². The third-order valence-electron chi connectivity index (χ3n) is 6.81. The third-order valence-corrected chi connectivity index (χ3v) is 9.18. The second-order valence-electron chi connectivity index (χ2n) is 9.12. The highest BCUT2D eigenvalue weighted by atomic mass is 32.2. The Bertz CT molecular complexity index is 1080. The molecule has 176 valence electrons. The molecular formula is C26H32N2O4S. The Kier molecular flexibility index (Phi) is 7.29. The molecule has 2 fully saturated rings. The lowest BCUT2D eigenvalue weighted by atomic mass is 10.0. The van der Waals surface area contributed by atoms with Crippen LogP contribution in [0.5, 0.6) is 0 Å². The van der Waals surface area contributed by atoms with Crippen LogP contribution in [0.15, 0.2) is 54.6 Å². The predicted octanol–water partition coefficient (Wildman–Crippen LogP) is 4.33. The van der Waals surface area contributed by atoms with Crippen LogP contribution in [0.2, 0.25) is 0 Å². The van der Waals surface area contributed by atoms with E-state index in [0.29, 0.717) is 44.3 Å². The maximum Gasteiger partial charge on any atom is 0.222 e. The fourth-order valence-electron chi connectivity index (χ4n) is 4.84. The van der Waals surface area contributed by atoms with Crippen LogP contribution in [0.1, 0.15) is 72.2 Å². The first-order valence-corrected chi connectivity index (χ1v) is 13.3. The van der Waals surface area contributed by atoms with Crippen molar-refractivity contribution in [2.75, 3.05) is 13.1 Å². The van der Waals surface area contributed by atoms with Crippen LogP contribution in [0, 0.1) is 0 Å². The number of hydrogen-bond acceptors (Lipinski definition) is 4. The zero-order valence-corrected chi connectivity index (χ0v) is 20.0. The molecule has 4 rings (SSSR count). The van der Waals surface area contributed by atoms with Crippen LogP contribution < -0.4 is 0 Å². The van der Waals surface area contributed by atoms with Gasteiger partial charge in [-0.1, -0.05) is 54.6 Å². The van der Waals surface area contributed by atoms with Gasteiger partial charge in [-0.05, 0) is 43.7 Å². The number of benzene rings is 2. The molecule has 2 atom stereocenters. The van der Waals surface area contributed by atoms with Crippen molar-refractivity contribution in [3.05, 3.63) is 71.3 Å². The van der Waals surface area contributed by atoms with E-state index in [1.165, 1.54) is 0 Å². The lowest BCUT2D eigenvalue weighted by molar-refractivity contribution is -0.127. The van der Waals surface area contributed by atoms with Crippen molar-refractivity contribution >= 4 is 21.7 Å². The number of carbonyl (C=O) groups is 2. The summed E-state index contributed by atoms with van der Waals surface area (Å²) in [5.41, 5.74) is 2.34. The largest absolute Gasteiger partial charge is 0.343 e. The van der Waals surface area contributed by atoms with E-state index < -0.39 is 15.3 Å². The average Bonchev–Trinajstić information content (AvgIpc) is 3.22. The molecule has 2 aliphatic rings. The molecule has 1 unspecified atom stereocenters. The van der Waals surface area contributed by atoms with Crippen molar-refractivity contribution in [2.24, 2.45) is 0 Å². The molecule has 7 heteroatoms. The molecule has 2 aromatic rings. The molecule has 6 nitrogen and oxygen atoms in total. The molecule has 0 radical (unpaired) electrons. The Morgan fingerprint density at radius 2 is 1.76 bits per heavy atom. The second-order valence-corrected chi connectivity index (χ2v) is 11.2. The van der Waals surface area contributed by atoms with Crippen LogP contribution in [0.25, 0.3) is 0 Å². The van der Waals surface area contributed by atoms with Crippen molar-refractivity contribution in [1.82, 2.24) is 9.21 Å². The van der Waals surface area contributed by atoms with Gasteiger partial charge in [-0.15, -0.1) is 0 Å². The monoisotopic (exact) mass is 468 g/mol. The van der Waals surface area contributed by atoms with Crippen molar-refractivity contribution in [3.63, 3.8) is 0 Å². The summed E-state index contributed by atoms with van der Waals surface area (Å²) < 4.78 is 28.4. The molecule has 0 aromatic heterocycles. The molecule has 33 heavy (non-hydrogen) atoms. The predicted molar refractivity (Wildman–Crippen MR) is 128 cm³/mol. The number of hydrogen-bond donors (Lipinski definition) is 0. The summed E-state index contributed by atoms with van der Waals surface area (Å²) in [6, 6.07) is 16.6. The lowest BCUT2D eigenvalue weighted by Crippen LogP contribution is -2.44. The van der Waals surface area contributed by atoms with Crippen molar-refractivity contribution in [3.8, 4) is 0 Å². The quantitative estimate of drug-likeness (QED) is 0.541. The van der Waals surface area contributed by atoms with E-state index >= 15 is 0 Å². The van der Waals surface area contributed by atoms with E-state index in [1.54, 1.807) is 16.4 Å². The first kappa shape index (κ1) is 23.6. The average molecular weight is 469 g/mol. The van der Waals surface area contributed by atoms with Crippen LogP contribution in [0.4, 0.5) is 0 Å². The fraction of sp³-hybridized carbons (Fsp3) is 0.462. The van der Waals surface area contributed by atoms with Crippen LogP contribution in [-0.4, -0.2) is 48.4 Å².